The lowest BCUT2D eigenvalue weighted by molar-refractivity contribution is -0.121. The van der Waals surface area contributed by atoms with Crippen LogP contribution in [0, 0.1) is 0 Å². The van der Waals surface area contributed by atoms with Crippen molar-refractivity contribution in [2.24, 2.45) is 0 Å². The van der Waals surface area contributed by atoms with Crippen LogP contribution < -0.4 is 15.4 Å². The van der Waals surface area contributed by atoms with E-state index in [0.717, 1.165) is 27.8 Å². The van der Waals surface area contributed by atoms with Crippen LogP contribution in [0.5, 0.6) is 5.75 Å². The third-order valence-electron chi connectivity index (χ3n) is 5.74. The maximum absolute atomic E-state index is 12.7. The molecule has 0 aliphatic rings. The zero-order valence-corrected chi connectivity index (χ0v) is 21.6. The average Bonchev–Trinajstić information content (AvgIpc) is 3.31. The number of ether oxygens (including phenoxy) is 1. The molecule has 2 N–H and O–H groups in total. The second-order valence-corrected chi connectivity index (χ2v) is 9.36. The molecule has 0 aliphatic heterocycles. The molecule has 9 heteroatoms. The molecule has 1 heterocycles. The summed E-state index contributed by atoms with van der Waals surface area (Å²) in [7, 11) is 1.60. The van der Waals surface area contributed by atoms with E-state index in [2.05, 4.69) is 27.4 Å². The summed E-state index contributed by atoms with van der Waals surface area (Å²) in [5.41, 5.74) is 1.65. The van der Waals surface area contributed by atoms with Gasteiger partial charge in [-0.2, -0.15) is 0 Å². The number of benzene rings is 3. The number of hydrogen-bond acceptors (Lipinski definition) is 6. The van der Waals surface area contributed by atoms with Crippen LogP contribution in [-0.2, 0) is 22.6 Å². The molecule has 8 nitrogen and oxygen atoms in total. The highest BCUT2D eigenvalue weighted by atomic mass is 32.2. The Bertz CT molecular complexity index is 1400. The van der Waals surface area contributed by atoms with Gasteiger partial charge in [-0.25, -0.2) is 0 Å². The van der Waals surface area contributed by atoms with Gasteiger partial charge in [0.15, 0.2) is 11.0 Å². The SMILES string of the molecule is C=CCn1c(SCC(=O)Nc2cccc3ccccc23)nnc1C(C)NC(=O)Cc1ccc(OC)cc1. The molecule has 1 unspecified atom stereocenters. The first-order chi connectivity index (χ1) is 18.0. The second kappa shape index (κ2) is 12.2. The van der Waals surface area contributed by atoms with Crippen LogP contribution in [0.1, 0.15) is 24.4 Å². The molecule has 0 saturated heterocycles. The van der Waals surface area contributed by atoms with Crippen LogP contribution in [0.3, 0.4) is 0 Å². The van der Waals surface area contributed by atoms with Gasteiger partial charge in [-0.3, -0.25) is 9.59 Å². The zero-order chi connectivity index (χ0) is 26.2. The molecular formula is C28H29N5O3S. The molecule has 2 amide bonds. The van der Waals surface area contributed by atoms with Gasteiger partial charge in [-0.15, -0.1) is 16.8 Å². The number of amides is 2. The molecule has 0 bridgehead atoms. The van der Waals surface area contributed by atoms with E-state index in [1.54, 1.807) is 13.2 Å². The highest BCUT2D eigenvalue weighted by Crippen LogP contribution is 2.25. The van der Waals surface area contributed by atoms with Gasteiger partial charge in [-0.1, -0.05) is 66.4 Å². The fourth-order valence-electron chi connectivity index (χ4n) is 3.96. The number of rotatable bonds is 11. The molecule has 0 fully saturated rings. The number of carbonyl (C=O) groups excluding carboxylic acids is 2. The fraction of sp³-hybridized carbons (Fsp3) is 0.214. The van der Waals surface area contributed by atoms with Gasteiger partial charge in [0, 0.05) is 17.6 Å². The van der Waals surface area contributed by atoms with E-state index in [1.807, 2.05) is 78.2 Å². The third kappa shape index (κ3) is 6.56. The van der Waals surface area contributed by atoms with Crippen molar-refractivity contribution in [2.45, 2.75) is 31.1 Å². The van der Waals surface area contributed by atoms with Crippen molar-refractivity contribution < 1.29 is 14.3 Å². The smallest absolute Gasteiger partial charge is 0.234 e. The Morgan fingerprint density at radius 2 is 1.81 bits per heavy atom. The second-order valence-electron chi connectivity index (χ2n) is 8.42. The molecule has 37 heavy (non-hydrogen) atoms. The van der Waals surface area contributed by atoms with Crippen molar-refractivity contribution in [1.29, 1.82) is 0 Å². The van der Waals surface area contributed by atoms with Crippen LogP contribution in [0.15, 0.2) is 84.5 Å². The van der Waals surface area contributed by atoms with E-state index in [9.17, 15) is 9.59 Å². The monoisotopic (exact) mass is 515 g/mol. The molecule has 0 radical (unpaired) electrons. The zero-order valence-electron chi connectivity index (χ0n) is 20.8. The molecule has 4 rings (SSSR count). The van der Waals surface area contributed by atoms with Gasteiger partial charge in [0.2, 0.25) is 11.8 Å². The summed E-state index contributed by atoms with van der Waals surface area (Å²) in [6.45, 7) is 6.14. The van der Waals surface area contributed by atoms with Crippen LogP contribution in [0.25, 0.3) is 10.8 Å². The maximum atomic E-state index is 12.7. The van der Waals surface area contributed by atoms with Crippen molar-refractivity contribution >= 4 is 40.0 Å². The van der Waals surface area contributed by atoms with E-state index in [-0.39, 0.29) is 30.0 Å². The standard InChI is InChI=1S/C28H29N5O3S/c1-4-16-33-27(19(2)29-25(34)17-20-12-14-22(36-3)15-13-20)31-32-28(33)37-18-26(35)30-24-11-7-9-21-8-5-6-10-23(21)24/h4-15,19H,1,16-18H2,2-3H3,(H,29,34)(H,30,35). The van der Waals surface area contributed by atoms with E-state index in [1.165, 1.54) is 11.8 Å². The number of nitrogens with zero attached hydrogens (tertiary/aromatic N) is 3. The van der Waals surface area contributed by atoms with Crippen LogP contribution in [0.2, 0.25) is 0 Å². The van der Waals surface area contributed by atoms with Crippen molar-refractivity contribution in [3.05, 3.63) is 90.8 Å². The van der Waals surface area contributed by atoms with Crippen LogP contribution in [-0.4, -0.2) is 39.4 Å². The molecule has 1 aromatic heterocycles. The molecule has 0 spiro atoms. The first-order valence-corrected chi connectivity index (χ1v) is 12.8. The minimum atomic E-state index is -0.378. The van der Waals surface area contributed by atoms with E-state index >= 15 is 0 Å². The Morgan fingerprint density at radius 3 is 2.57 bits per heavy atom. The number of carbonyl (C=O) groups is 2. The molecule has 1 atom stereocenters. The predicted octanol–water partition coefficient (Wildman–Crippen LogP) is 4.78. The Balaban J connectivity index is 1.38. The van der Waals surface area contributed by atoms with Crippen molar-refractivity contribution in [3.63, 3.8) is 0 Å². The van der Waals surface area contributed by atoms with Gasteiger partial charge in [-0.05, 0) is 36.1 Å². The lowest BCUT2D eigenvalue weighted by Gasteiger charge is -2.15. The summed E-state index contributed by atoms with van der Waals surface area (Å²) in [6, 6.07) is 20.7. The van der Waals surface area contributed by atoms with E-state index < -0.39 is 0 Å². The number of aromatic nitrogens is 3. The maximum Gasteiger partial charge on any atom is 0.234 e. The van der Waals surface area contributed by atoms with Crippen molar-refractivity contribution in [1.82, 2.24) is 20.1 Å². The molecule has 4 aromatic rings. The molecule has 3 aromatic carbocycles. The summed E-state index contributed by atoms with van der Waals surface area (Å²) in [5, 5.41) is 17.2. The number of allylic oxidation sites excluding steroid dienone is 1. The largest absolute Gasteiger partial charge is 0.497 e. The summed E-state index contributed by atoms with van der Waals surface area (Å²) in [5.74, 6) is 1.23. The normalized spacial score (nSPS) is 11.6. The Labute approximate surface area is 220 Å². The van der Waals surface area contributed by atoms with E-state index in [0.29, 0.717) is 17.5 Å². The summed E-state index contributed by atoms with van der Waals surface area (Å²) in [6.07, 6.45) is 1.97. The Hall–Kier alpha value is -4.11. The number of nitrogens with one attached hydrogen (secondary N) is 2. The van der Waals surface area contributed by atoms with Crippen molar-refractivity contribution in [2.75, 3.05) is 18.2 Å². The molecule has 0 saturated carbocycles. The highest BCUT2D eigenvalue weighted by molar-refractivity contribution is 7.99. The first kappa shape index (κ1) is 26.0. The van der Waals surface area contributed by atoms with E-state index in [4.69, 9.17) is 4.74 Å². The first-order valence-electron chi connectivity index (χ1n) is 11.8. The number of hydrogen-bond donors (Lipinski definition) is 2. The third-order valence-corrected chi connectivity index (χ3v) is 6.71. The lowest BCUT2D eigenvalue weighted by Crippen LogP contribution is -2.30. The quantitative estimate of drug-likeness (QED) is 0.220. The number of fused-ring (bicyclic) bond motifs is 1. The van der Waals surface area contributed by atoms with Crippen molar-refractivity contribution in [3.8, 4) is 5.75 Å². The summed E-state index contributed by atoms with van der Waals surface area (Å²) < 4.78 is 7.02. The van der Waals surface area contributed by atoms with Gasteiger partial charge in [0.1, 0.15) is 5.75 Å². The average molecular weight is 516 g/mol. The molecule has 190 valence electrons. The van der Waals surface area contributed by atoms with Crippen LogP contribution in [0.4, 0.5) is 5.69 Å². The van der Waals surface area contributed by atoms with Gasteiger partial charge in [0.25, 0.3) is 0 Å². The summed E-state index contributed by atoms with van der Waals surface area (Å²) in [4.78, 5) is 25.4. The lowest BCUT2D eigenvalue weighted by atomic mass is 10.1. The van der Waals surface area contributed by atoms with Gasteiger partial charge < -0.3 is 19.9 Å². The topological polar surface area (TPSA) is 98.1 Å². The predicted molar refractivity (Wildman–Crippen MR) is 147 cm³/mol. The number of anilines is 1. The van der Waals surface area contributed by atoms with Gasteiger partial charge >= 0.3 is 0 Å². The highest BCUT2D eigenvalue weighted by Gasteiger charge is 2.20. The van der Waals surface area contributed by atoms with Crippen LogP contribution >= 0.6 is 11.8 Å². The Kier molecular flexibility index (Phi) is 8.58. The molecule has 0 aliphatic carbocycles. The minimum absolute atomic E-state index is 0.130. The number of thioether (sulfide) groups is 1. The number of methoxy groups -OCH3 is 1. The summed E-state index contributed by atoms with van der Waals surface area (Å²) >= 11 is 1.29. The van der Waals surface area contributed by atoms with Gasteiger partial charge in [0.05, 0.1) is 25.3 Å². The molecular weight excluding hydrogens is 486 g/mol. The minimum Gasteiger partial charge on any atom is -0.497 e. The fourth-order valence-corrected chi connectivity index (χ4v) is 4.72. The Morgan fingerprint density at radius 1 is 1.05 bits per heavy atom.